The fourth-order valence-corrected chi connectivity index (χ4v) is 6.93. The number of thioether (sulfide) groups is 1. The van der Waals surface area contributed by atoms with E-state index in [0.717, 1.165) is 16.2 Å². The molecule has 1 aliphatic heterocycles. The molecule has 0 radical (unpaired) electrons. The minimum Gasteiger partial charge on any atom is -0.487 e. The summed E-state index contributed by atoms with van der Waals surface area (Å²) in [5.41, 5.74) is 2.11. The Morgan fingerprint density at radius 1 is 1.25 bits per heavy atom. The van der Waals surface area contributed by atoms with Crippen molar-refractivity contribution in [2.75, 3.05) is 52.0 Å². The highest BCUT2D eigenvalue weighted by atomic mass is 32.2. The Hall–Kier alpha value is -3.21. The van der Waals surface area contributed by atoms with Gasteiger partial charge in [0.25, 0.3) is 0 Å². The third kappa shape index (κ3) is 8.70. The molecule has 2 heterocycles. The lowest BCUT2D eigenvalue weighted by molar-refractivity contribution is -0.163. The van der Waals surface area contributed by atoms with Crippen molar-refractivity contribution in [2.45, 2.75) is 55.3 Å². The molecule has 0 saturated carbocycles. The van der Waals surface area contributed by atoms with Gasteiger partial charge in [0, 0.05) is 31.2 Å². The zero-order valence-electron chi connectivity index (χ0n) is 25.4. The normalized spacial score (nSPS) is 17.6. The molecule has 2 unspecified atom stereocenters. The maximum absolute atomic E-state index is 13.7. The van der Waals surface area contributed by atoms with Crippen molar-refractivity contribution in [1.82, 2.24) is 19.2 Å². The van der Waals surface area contributed by atoms with Crippen LogP contribution in [-0.2, 0) is 40.4 Å². The Morgan fingerprint density at radius 2 is 2.02 bits per heavy atom. The molecule has 3 aromatic rings. The van der Waals surface area contributed by atoms with Gasteiger partial charge in [0.1, 0.15) is 16.7 Å². The van der Waals surface area contributed by atoms with Gasteiger partial charge in [-0.05, 0) is 52.2 Å². The lowest BCUT2D eigenvalue weighted by Gasteiger charge is -2.22. The molecular weight excluding hydrogens is 610 g/mol. The summed E-state index contributed by atoms with van der Waals surface area (Å²) in [5.74, 6) is -0.101. The lowest BCUT2D eigenvalue weighted by atomic mass is 10.2. The summed E-state index contributed by atoms with van der Waals surface area (Å²) in [4.78, 5) is 30.7. The predicted molar refractivity (Wildman–Crippen MR) is 166 cm³/mol. The van der Waals surface area contributed by atoms with E-state index in [4.69, 9.17) is 23.9 Å². The number of imidazole rings is 1. The number of benzene rings is 2. The summed E-state index contributed by atoms with van der Waals surface area (Å²) >= 11 is 1.55. The Balaban J connectivity index is 1.64. The topological polar surface area (TPSA) is 150 Å². The van der Waals surface area contributed by atoms with Crippen molar-refractivity contribution in [3.8, 4) is 5.75 Å². The van der Waals surface area contributed by atoms with E-state index in [9.17, 15) is 18.0 Å². The molecule has 1 amide bonds. The predicted octanol–water partition coefficient (Wildman–Crippen LogP) is 2.70. The smallest absolute Gasteiger partial charge is 0.310 e. The number of likely N-dealkylation sites (N-methyl/N-ethyl adjacent to an activating group) is 1. The van der Waals surface area contributed by atoms with Gasteiger partial charge in [0.2, 0.25) is 22.2 Å². The second-order valence-electron chi connectivity index (χ2n) is 10.5. The fourth-order valence-electron chi connectivity index (χ4n) is 4.67. The van der Waals surface area contributed by atoms with Crippen LogP contribution < -0.4 is 14.8 Å². The number of methoxy groups -OCH3 is 1. The summed E-state index contributed by atoms with van der Waals surface area (Å²) in [6.45, 7) is 4.84. The number of nitrogens with zero attached hydrogens (tertiary/aromatic N) is 3. The first-order valence-corrected chi connectivity index (χ1v) is 16.6. The van der Waals surface area contributed by atoms with E-state index in [1.54, 1.807) is 44.8 Å². The molecule has 2 N–H and O–H groups in total. The number of hydrogen-bond donors (Lipinski definition) is 2. The first kappa shape index (κ1) is 33.7. The van der Waals surface area contributed by atoms with E-state index in [0.29, 0.717) is 24.6 Å². The maximum Gasteiger partial charge on any atom is 0.310 e. The standard InChI is InChI=1S/C29H39N5O8S2/c1-6-40-28-22(16-27(36)42-28)32-44(37,38)25-12-11-20(30-26(35)18-33(3)4)15-24(25)41-19(2)17-34-23-10-8-7-9-21(23)31-29(34)43-14-13-39-5/h7-12,15,19,22,28,32H,6,13-14,16-18H2,1-5H3,(H,30,35)/t19-,22?,28?/m1/s1. The van der Waals surface area contributed by atoms with E-state index in [1.807, 2.05) is 35.8 Å². The van der Waals surface area contributed by atoms with Gasteiger partial charge in [-0.2, -0.15) is 0 Å². The van der Waals surface area contributed by atoms with Gasteiger partial charge in [0.15, 0.2) is 5.16 Å². The van der Waals surface area contributed by atoms with Crippen LogP contribution in [0.4, 0.5) is 5.69 Å². The molecule has 44 heavy (non-hydrogen) atoms. The first-order chi connectivity index (χ1) is 21.0. The van der Waals surface area contributed by atoms with Crippen molar-refractivity contribution < 1.29 is 37.0 Å². The van der Waals surface area contributed by atoms with Gasteiger partial charge in [-0.3, -0.25) is 9.59 Å². The van der Waals surface area contributed by atoms with Crippen LogP contribution in [0.5, 0.6) is 5.75 Å². The number of carbonyl (C=O) groups is 2. The molecule has 240 valence electrons. The van der Waals surface area contributed by atoms with E-state index in [-0.39, 0.29) is 36.1 Å². The summed E-state index contributed by atoms with van der Waals surface area (Å²) in [6, 6.07) is 11.2. The number of hydrogen-bond acceptors (Lipinski definition) is 11. The molecular formula is C29H39N5O8S2. The SMILES string of the molecule is CCOC1OC(=O)CC1NS(=O)(=O)c1ccc(NC(=O)CN(C)C)cc1O[C@H](C)Cn1c(SCCOC)nc2ccccc21. The molecule has 13 nitrogen and oxygen atoms in total. The Kier molecular flexibility index (Phi) is 11.6. The van der Waals surface area contributed by atoms with E-state index in [2.05, 4.69) is 10.0 Å². The molecule has 0 spiro atoms. The van der Waals surface area contributed by atoms with Crippen LogP contribution in [0.15, 0.2) is 52.5 Å². The van der Waals surface area contributed by atoms with Gasteiger partial charge in [-0.1, -0.05) is 23.9 Å². The third-order valence-corrected chi connectivity index (χ3v) is 8.95. The number of ether oxygens (including phenoxy) is 4. The largest absolute Gasteiger partial charge is 0.487 e. The average molecular weight is 650 g/mol. The van der Waals surface area contributed by atoms with Crippen LogP contribution in [-0.4, -0.2) is 99.9 Å². The quantitative estimate of drug-likeness (QED) is 0.134. The van der Waals surface area contributed by atoms with Gasteiger partial charge >= 0.3 is 5.97 Å². The highest BCUT2D eigenvalue weighted by Crippen LogP contribution is 2.31. The highest BCUT2D eigenvalue weighted by molar-refractivity contribution is 7.99. The Bertz CT molecular complexity index is 1560. The van der Waals surface area contributed by atoms with Crippen molar-refractivity contribution in [1.29, 1.82) is 0 Å². The summed E-state index contributed by atoms with van der Waals surface area (Å²) < 4.78 is 54.0. The number of para-hydroxylation sites is 2. The van der Waals surface area contributed by atoms with Gasteiger partial charge in [-0.15, -0.1) is 0 Å². The highest BCUT2D eigenvalue weighted by Gasteiger charge is 2.39. The number of sulfonamides is 1. The van der Waals surface area contributed by atoms with E-state index < -0.39 is 34.4 Å². The van der Waals surface area contributed by atoms with E-state index >= 15 is 0 Å². The number of amides is 1. The third-order valence-electron chi connectivity index (χ3n) is 6.48. The molecule has 4 rings (SSSR count). The minimum atomic E-state index is -4.22. The fraction of sp³-hybridized carbons (Fsp3) is 0.483. The zero-order valence-corrected chi connectivity index (χ0v) is 27.1. The molecule has 3 atom stereocenters. The summed E-state index contributed by atoms with van der Waals surface area (Å²) in [6.07, 6.45) is -1.74. The van der Waals surface area contributed by atoms with Crippen molar-refractivity contribution in [2.24, 2.45) is 0 Å². The monoisotopic (exact) mass is 649 g/mol. The first-order valence-electron chi connectivity index (χ1n) is 14.2. The maximum atomic E-state index is 13.7. The van der Waals surface area contributed by atoms with Crippen LogP contribution >= 0.6 is 11.8 Å². The minimum absolute atomic E-state index is 0.0314. The number of fused-ring (bicyclic) bond motifs is 1. The van der Waals surface area contributed by atoms with Crippen molar-refractivity contribution in [3.63, 3.8) is 0 Å². The molecule has 2 aromatic carbocycles. The van der Waals surface area contributed by atoms with Crippen LogP contribution in [0.25, 0.3) is 11.0 Å². The molecule has 15 heteroatoms. The molecule has 0 bridgehead atoms. The molecule has 1 aliphatic rings. The number of cyclic esters (lactones) is 1. The van der Waals surface area contributed by atoms with Gasteiger partial charge in [0.05, 0.1) is 43.2 Å². The van der Waals surface area contributed by atoms with Gasteiger partial charge in [-0.25, -0.2) is 18.1 Å². The van der Waals surface area contributed by atoms with Gasteiger partial charge < -0.3 is 33.7 Å². The molecule has 1 aromatic heterocycles. The molecule has 0 aliphatic carbocycles. The second-order valence-corrected chi connectivity index (χ2v) is 13.2. The zero-order chi connectivity index (χ0) is 31.9. The van der Waals surface area contributed by atoms with Crippen molar-refractivity contribution in [3.05, 3.63) is 42.5 Å². The number of aromatic nitrogens is 2. The number of nitrogens with one attached hydrogen (secondary N) is 2. The summed E-state index contributed by atoms with van der Waals surface area (Å²) in [7, 11) is 0.960. The van der Waals surface area contributed by atoms with Crippen LogP contribution in [0, 0.1) is 0 Å². The number of rotatable bonds is 16. The number of anilines is 1. The lowest BCUT2D eigenvalue weighted by Crippen LogP contribution is -2.41. The summed E-state index contributed by atoms with van der Waals surface area (Å²) in [5, 5.41) is 3.57. The number of carbonyl (C=O) groups excluding carboxylic acids is 2. The Labute approximate surface area is 261 Å². The van der Waals surface area contributed by atoms with Crippen LogP contribution in [0.1, 0.15) is 20.3 Å². The number of esters is 1. The Morgan fingerprint density at radius 3 is 2.75 bits per heavy atom. The molecule has 1 fully saturated rings. The molecule has 1 saturated heterocycles. The average Bonchev–Trinajstić information content (AvgIpc) is 3.46. The second kappa shape index (κ2) is 15.2. The van der Waals surface area contributed by atoms with Crippen molar-refractivity contribution >= 4 is 50.4 Å². The van der Waals surface area contributed by atoms with E-state index in [1.165, 1.54) is 18.2 Å². The van der Waals surface area contributed by atoms with Crippen LogP contribution in [0.3, 0.4) is 0 Å². The van der Waals surface area contributed by atoms with Crippen LogP contribution in [0.2, 0.25) is 0 Å².